The Hall–Kier alpha value is -0.550. The van der Waals surface area contributed by atoms with Gasteiger partial charge in [0.2, 0.25) is 0 Å². The summed E-state index contributed by atoms with van der Waals surface area (Å²) in [5.74, 6) is 0. The topological polar surface area (TPSA) is 29.3 Å². The molecule has 0 atom stereocenters. The van der Waals surface area contributed by atoms with Crippen molar-refractivity contribution in [2.75, 3.05) is 18.5 Å². The third kappa shape index (κ3) is 3.96. The van der Waals surface area contributed by atoms with Crippen molar-refractivity contribution in [1.29, 1.82) is 0 Å². The Labute approximate surface area is 131 Å². The summed E-state index contributed by atoms with van der Waals surface area (Å²) >= 11 is 11.5. The van der Waals surface area contributed by atoms with E-state index in [-0.39, 0.29) is 0 Å². The fourth-order valence-corrected chi connectivity index (χ4v) is 3.52. The Morgan fingerprint density at radius 1 is 1.32 bits per heavy atom. The smallest absolute Gasteiger partial charge is 0.0701 e. The van der Waals surface area contributed by atoms with E-state index in [1.54, 1.807) is 11.3 Å². The molecule has 0 aliphatic carbocycles. The molecule has 0 saturated heterocycles. The number of hydrogen-bond acceptors (Lipinski definition) is 3. The van der Waals surface area contributed by atoms with Gasteiger partial charge in [-0.3, -0.25) is 0 Å². The number of thiophene rings is 1. The minimum atomic E-state index is 0.647. The maximum Gasteiger partial charge on any atom is 0.0701 e. The molecule has 2 rings (SSSR count). The summed E-state index contributed by atoms with van der Waals surface area (Å²) in [6, 6.07) is 8.30. The van der Waals surface area contributed by atoms with Gasteiger partial charge in [-0.1, -0.05) is 17.7 Å². The molecule has 0 saturated carbocycles. The standard InChI is InChI=1S/C14H16BrClN2S/c1-18(8-11-7-14(15)19-9-11)13-3-2-10(4-5-17)6-12(13)16/h2-3,6-7,9H,4-5,8,17H2,1H3. The molecular formula is C14H16BrClN2S. The van der Waals surface area contributed by atoms with Crippen LogP contribution in [0.15, 0.2) is 33.4 Å². The molecule has 19 heavy (non-hydrogen) atoms. The fourth-order valence-electron chi connectivity index (χ4n) is 1.97. The Kier molecular flexibility index (Phi) is 5.28. The molecule has 0 aliphatic rings. The first-order valence-corrected chi connectivity index (χ1v) is 8.07. The average Bonchev–Trinajstić information content (AvgIpc) is 2.75. The van der Waals surface area contributed by atoms with Crippen LogP contribution in [0.25, 0.3) is 0 Å². The average molecular weight is 360 g/mol. The van der Waals surface area contributed by atoms with Crippen LogP contribution in [0, 0.1) is 0 Å². The molecule has 0 aliphatic heterocycles. The quantitative estimate of drug-likeness (QED) is 0.862. The monoisotopic (exact) mass is 358 g/mol. The first-order chi connectivity index (χ1) is 9.10. The lowest BCUT2D eigenvalue weighted by Crippen LogP contribution is -2.16. The largest absolute Gasteiger partial charge is 0.369 e. The van der Waals surface area contributed by atoms with Crippen LogP contribution in [0.1, 0.15) is 11.1 Å². The van der Waals surface area contributed by atoms with Gasteiger partial charge in [-0.05, 0) is 63.6 Å². The number of hydrogen-bond donors (Lipinski definition) is 1. The minimum absolute atomic E-state index is 0.647. The van der Waals surface area contributed by atoms with Crippen molar-refractivity contribution >= 4 is 44.6 Å². The molecular weight excluding hydrogens is 344 g/mol. The predicted molar refractivity (Wildman–Crippen MR) is 88.3 cm³/mol. The third-order valence-corrected chi connectivity index (χ3v) is 4.75. The predicted octanol–water partition coefficient (Wildman–Crippen LogP) is 4.30. The molecule has 0 bridgehead atoms. The van der Waals surface area contributed by atoms with Gasteiger partial charge < -0.3 is 10.6 Å². The highest BCUT2D eigenvalue weighted by Crippen LogP contribution is 2.29. The first kappa shape index (κ1) is 14.9. The van der Waals surface area contributed by atoms with Crippen molar-refractivity contribution in [1.82, 2.24) is 0 Å². The number of rotatable bonds is 5. The SMILES string of the molecule is CN(Cc1csc(Br)c1)c1ccc(CCN)cc1Cl. The second-order valence-corrected chi connectivity index (χ2v) is 7.14. The molecule has 1 heterocycles. The molecule has 102 valence electrons. The van der Waals surface area contributed by atoms with Crippen molar-refractivity contribution in [3.05, 3.63) is 49.6 Å². The maximum atomic E-state index is 6.34. The second kappa shape index (κ2) is 6.75. The van der Waals surface area contributed by atoms with Gasteiger partial charge in [0, 0.05) is 13.6 Å². The summed E-state index contributed by atoms with van der Waals surface area (Å²) in [4.78, 5) is 2.16. The summed E-state index contributed by atoms with van der Waals surface area (Å²) < 4.78 is 1.15. The highest BCUT2D eigenvalue weighted by atomic mass is 79.9. The van der Waals surface area contributed by atoms with Crippen LogP contribution < -0.4 is 10.6 Å². The van der Waals surface area contributed by atoms with Crippen LogP contribution >= 0.6 is 38.9 Å². The van der Waals surface area contributed by atoms with Crippen LogP contribution in [0.3, 0.4) is 0 Å². The van der Waals surface area contributed by atoms with Gasteiger partial charge in [-0.25, -0.2) is 0 Å². The number of nitrogens with two attached hydrogens (primary N) is 1. The van der Waals surface area contributed by atoms with Gasteiger partial charge in [-0.15, -0.1) is 11.3 Å². The zero-order valence-corrected chi connectivity index (χ0v) is 13.9. The highest BCUT2D eigenvalue weighted by Gasteiger charge is 2.08. The molecule has 0 amide bonds. The maximum absolute atomic E-state index is 6.34. The first-order valence-electron chi connectivity index (χ1n) is 6.02. The van der Waals surface area contributed by atoms with E-state index in [0.717, 1.165) is 27.5 Å². The van der Waals surface area contributed by atoms with Crippen LogP contribution in [0.2, 0.25) is 5.02 Å². The van der Waals surface area contributed by atoms with E-state index < -0.39 is 0 Å². The Balaban J connectivity index is 2.12. The van der Waals surface area contributed by atoms with Gasteiger partial charge in [-0.2, -0.15) is 0 Å². The molecule has 0 radical (unpaired) electrons. The summed E-state index contributed by atoms with van der Waals surface area (Å²) in [6.45, 7) is 1.49. The van der Waals surface area contributed by atoms with Gasteiger partial charge in [0.05, 0.1) is 14.5 Å². The number of anilines is 1. The number of halogens is 2. The lowest BCUT2D eigenvalue weighted by molar-refractivity contribution is 0.923. The fraction of sp³-hybridized carbons (Fsp3) is 0.286. The second-order valence-electron chi connectivity index (χ2n) is 4.44. The summed E-state index contributed by atoms with van der Waals surface area (Å²) in [7, 11) is 2.05. The molecule has 2 aromatic rings. The molecule has 5 heteroatoms. The molecule has 0 fully saturated rings. The molecule has 1 aromatic carbocycles. The molecule has 2 nitrogen and oxygen atoms in total. The van der Waals surface area contributed by atoms with Gasteiger partial charge in [0.1, 0.15) is 0 Å². The summed E-state index contributed by atoms with van der Waals surface area (Å²) in [6.07, 6.45) is 0.862. The van der Waals surface area contributed by atoms with Crippen LogP contribution in [0.4, 0.5) is 5.69 Å². The summed E-state index contributed by atoms with van der Waals surface area (Å²) in [5.41, 5.74) is 9.06. The van der Waals surface area contributed by atoms with Gasteiger partial charge in [0.25, 0.3) is 0 Å². The Bertz CT molecular complexity index is 556. The van der Waals surface area contributed by atoms with E-state index in [1.807, 2.05) is 6.07 Å². The van der Waals surface area contributed by atoms with Crippen molar-refractivity contribution < 1.29 is 0 Å². The minimum Gasteiger partial charge on any atom is -0.369 e. The lowest BCUT2D eigenvalue weighted by atomic mass is 10.1. The van der Waals surface area contributed by atoms with Crippen molar-refractivity contribution in [3.8, 4) is 0 Å². The van der Waals surface area contributed by atoms with E-state index in [1.165, 1.54) is 11.1 Å². The number of benzene rings is 1. The number of nitrogens with zero attached hydrogens (tertiary/aromatic N) is 1. The highest BCUT2D eigenvalue weighted by molar-refractivity contribution is 9.11. The van der Waals surface area contributed by atoms with E-state index in [4.69, 9.17) is 17.3 Å². The van der Waals surface area contributed by atoms with E-state index in [9.17, 15) is 0 Å². The van der Waals surface area contributed by atoms with Crippen LogP contribution in [-0.4, -0.2) is 13.6 Å². The van der Waals surface area contributed by atoms with Crippen molar-refractivity contribution in [2.24, 2.45) is 5.73 Å². The molecule has 2 N–H and O–H groups in total. The van der Waals surface area contributed by atoms with Gasteiger partial charge in [0.15, 0.2) is 0 Å². The van der Waals surface area contributed by atoms with Crippen LogP contribution in [-0.2, 0) is 13.0 Å². The molecule has 1 aromatic heterocycles. The molecule has 0 spiro atoms. The van der Waals surface area contributed by atoms with E-state index >= 15 is 0 Å². The van der Waals surface area contributed by atoms with Crippen molar-refractivity contribution in [2.45, 2.75) is 13.0 Å². The normalized spacial score (nSPS) is 10.7. The Morgan fingerprint density at radius 2 is 2.11 bits per heavy atom. The van der Waals surface area contributed by atoms with Crippen molar-refractivity contribution in [3.63, 3.8) is 0 Å². The lowest BCUT2D eigenvalue weighted by Gasteiger charge is -2.20. The molecule has 0 unspecified atom stereocenters. The van der Waals surface area contributed by atoms with E-state index in [0.29, 0.717) is 6.54 Å². The van der Waals surface area contributed by atoms with E-state index in [2.05, 4.69) is 51.5 Å². The van der Waals surface area contributed by atoms with Crippen LogP contribution in [0.5, 0.6) is 0 Å². The Morgan fingerprint density at radius 3 is 2.68 bits per heavy atom. The summed E-state index contributed by atoms with van der Waals surface area (Å²) in [5, 5.41) is 2.93. The zero-order chi connectivity index (χ0) is 13.8. The third-order valence-electron chi connectivity index (χ3n) is 2.90. The zero-order valence-electron chi connectivity index (χ0n) is 10.7. The van der Waals surface area contributed by atoms with Gasteiger partial charge >= 0.3 is 0 Å².